The van der Waals surface area contributed by atoms with E-state index in [9.17, 15) is 4.39 Å². The Hall–Kier alpha value is -1.11. The maximum absolute atomic E-state index is 13.2. The normalized spacial score (nSPS) is 16.1. The molecule has 1 saturated heterocycles. The minimum Gasteiger partial charge on any atom is -0.332 e. The number of unbranched alkanes of at least 4 members (excludes halogenated alkanes) is 4. The van der Waals surface area contributed by atoms with Crippen LogP contribution in [0.5, 0.6) is 0 Å². The Labute approximate surface area is 163 Å². The molecular formula is C18H23ClFN3S2. The van der Waals surface area contributed by atoms with Crippen molar-refractivity contribution in [2.75, 3.05) is 17.6 Å². The fraction of sp³-hybridized carbons (Fsp3) is 0.444. The molecule has 1 aliphatic rings. The molecule has 1 fully saturated rings. The van der Waals surface area contributed by atoms with E-state index in [0.29, 0.717) is 10.8 Å². The Morgan fingerprint density at radius 1 is 1.44 bits per heavy atom. The molecule has 0 spiro atoms. The zero-order chi connectivity index (χ0) is 18.1. The number of hydrogen-bond acceptors (Lipinski definition) is 3. The number of amidine groups is 1. The van der Waals surface area contributed by atoms with Crippen molar-refractivity contribution in [2.45, 2.75) is 39.0 Å². The number of aliphatic imine (C=N–C) groups is 1. The van der Waals surface area contributed by atoms with Gasteiger partial charge in [0.2, 0.25) is 0 Å². The van der Waals surface area contributed by atoms with E-state index < -0.39 is 5.82 Å². The lowest BCUT2D eigenvalue weighted by Gasteiger charge is -2.19. The lowest BCUT2D eigenvalue weighted by Crippen LogP contribution is -2.35. The largest absolute Gasteiger partial charge is 0.332 e. The molecule has 1 aliphatic heterocycles. The van der Waals surface area contributed by atoms with Crippen LogP contribution in [-0.2, 0) is 0 Å². The van der Waals surface area contributed by atoms with Gasteiger partial charge in [0.05, 0.1) is 5.02 Å². The van der Waals surface area contributed by atoms with Crippen LogP contribution in [0.3, 0.4) is 0 Å². The minimum atomic E-state index is -0.443. The summed E-state index contributed by atoms with van der Waals surface area (Å²) < 4.78 is 13.2. The number of nitrogens with zero attached hydrogens (tertiary/aromatic N) is 2. The standard InChI is InChI=1S/C18H23ClFN3S2/c1-2-3-4-5-6-7-10-21-18-23(11-12-25-18)17(24)22-14-8-9-16(20)15(19)13-14/h7-10,13H,2-6,11-12H2,1H3,(H,22,24). The lowest BCUT2D eigenvalue weighted by molar-refractivity contribution is 0.628. The summed E-state index contributed by atoms with van der Waals surface area (Å²) in [7, 11) is 0. The third-order valence-electron chi connectivity index (χ3n) is 3.71. The first-order valence-electron chi connectivity index (χ1n) is 8.51. The zero-order valence-corrected chi connectivity index (χ0v) is 16.7. The van der Waals surface area contributed by atoms with Crippen LogP contribution in [0.4, 0.5) is 10.1 Å². The van der Waals surface area contributed by atoms with Crippen LogP contribution in [0.15, 0.2) is 35.5 Å². The minimum absolute atomic E-state index is 0.0727. The molecule has 3 nitrogen and oxygen atoms in total. The van der Waals surface area contributed by atoms with Gasteiger partial charge < -0.3 is 5.32 Å². The Morgan fingerprint density at radius 3 is 3.04 bits per heavy atom. The maximum atomic E-state index is 13.2. The molecule has 0 bridgehead atoms. The van der Waals surface area contributed by atoms with Gasteiger partial charge in [-0.2, -0.15) is 0 Å². The van der Waals surface area contributed by atoms with Gasteiger partial charge in [0.15, 0.2) is 10.3 Å². The number of rotatable bonds is 7. The molecule has 0 saturated carbocycles. The van der Waals surface area contributed by atoms with Crippen LogP contribution in [0.2, 0.25) is 5.02 Å². The highest BCUT2D eigenvalue weighted by atomic mass is 35.5. The molecule has 1 heterocycles. The zero-order valence-electron chi connectivity index (χ0n) is 14.3. The average molecular weight is 400 g/mol. The predicted octanol–water partition coefficient (Wildman–Crippen LogP) is 6.06. The van der Waals surface area contributed by atoms with Crippen LogP contribution in [-0.4, -0.2) is 27.5 Å². The topological polar surface area (TPSA) is 27.6 Å². The van der Waals surface area contributed by atoms with Gasteiger partial charge in [-0.25, -0.2) is 9.38 Å². The quantitative estimate of drug-likeness (QED) is 0.445. The number of halogens is 2. The number of nitrogens with one attached hydrogen (secondary N) is 1. The molecule has 1 aromatic carbocycles. The molecule has 0 aromatic heterocycles. The van der Waals surface area contributed by atoms with Crippen LogP contribution in [0.1, 0.15) is 39.0 Å². The van der Waals surface area contributed by atoms with E-state index in [1.807, 2.05) is 11.1 Å². The molecule has 0 radical (unpaired) electrons. The Balaban J connectivity index is 1.88. The van der Waals surface area contributed by atoms with Crippen molar-refractivity contribution in [3.05, 3.63) is 41.3 Å². The molecule has 1 N–H and O–H groups in total. The number of hydrogen-bond donors (Lipinski definition) is 1. The van der Waals surface area contributed by atoms with Gasteiger partial charge in [0.1, 0.15) is 5.82 Å². The molecular weight excluding hydrogens is 377 g/mol. The monoisotopic (exact) mass is 399 g/mol. The number of thioether (sulfide) groups is 1. The average Bonchev–Trinajstić information content (AvgIpc) is 3.06. The molecule has 0 amide bonds. The van der Waals surface area contributed by atoms with Gasteiger partial charge in [-0.15, -0.1) is 0 Å². The fourth-order valence-corrected chi connectivity index (χ4v) is 3.81. The number of benzene rings is 1. The fourth-order valence-electron chi connectivity index (χ4n) is 2.34. The first-order chi connectivity index (χ1) is 12.1. The third-order valence-corrected chi connectivity index (χ3v) is 5.29. The first-order valence-corrected chi connectivity index (χ1v) is 10.3. The van der Waals surface area contributed by atoms with E-state index in [1.54, 1.807) is 17.8 Å². The summed E-state index contributed by atoms with van der Waals surface area (Å²) in [6, 6.07) is 4.46. The van der Waals surface area contributed by atoms with Gasteiger partial charge in [0, 0.05) is 24.2 Å². The summed E-state index contributed by atoms with van der Waals surface area (Å²) in [6.07, 6.45) is 10.0. The summed E-state index contributed by atoms with van der Waals surface area (Å²) in [6.45, 7) is 3.01. The summed E-state index contributed by atoms with van der Waals surface area (Å²) >= 11 is 12.9. The summed E-state index contributed by atoms with van der Waals surface area (Å²) in [4.78, 5) is 6.49. The number of allylic oxidation sites excluding steroid dienone is 1. The molecule has 2 rings (SSSR count). The van der Waals surface area contributed by atoms with Crippen LogP contribution in [0, 0.1) is 5.82 Å². The van der Waals surface area contributed by atoms with E-state index in [-0.39, 0.29) is 5.02 Å². The molecule has 0 aliphatic carbocycles. The van der Waals surface area contributed by atoms with E-state index in [0.717, 1.165) is 23.9 Å². The second-order valence-electron chi connectivity index (χ2n) is 5.70. The molecule has 0 unspecified atom stereocenters. The lowest BCUT2D eigenvalue weighted by atomic mass is 10.1. The van der Waals surface area contributed by atoms with Crippen molar-refractivity contribution in [2.24, 2.45) is 4.99 Å². The number of anilines is 1. The van der Waals surface area contributed by atoms with Gasteiger partial charge in [-0.05, 0) is 43.3 Å². The molecule has 0 atom stereocenters. The second kappa shape index (κ2) is 10.8. The van der Waals surface area contributed by atoms with E-state index in [1.165, 1.54) is 37.8 Å². The highest BCUT2D eigenvalue weighted by Gasteiger charge is 2.22. The van der Waals surface area contributed by atoms with Crippen molar-refractivity contribution in [1.29, 1.82) is 0 Å². The van der Waals surface area contributed by atoms with E-state index >= 15 is 0 Å². The predicted molar refractivity (Wildman–Crippen MR) is 112 cm³/mol. The smallest absolute Gasteiger partial charge is 0.179 e. The SMILES string of the molecule is CCCCCCC=CN=C1SCCN1C(=S)Nc1ccc(F)c(Cl)c1. The van der Waals surface area contributed by atoms with Gasteiger partial charge in [0.25, 0.3) is 0 Å². The van der Waals surface area contributed by atoms with E-state index in [4.69, 9.17) is 23.8 Å². The third kappa shape index (κ3) is 6.60. The summed E-state index contributed by atoms with van der Waals surface area (Å²) in [5.41, 5.74) is 0.666. The number of thiocarbonyl (C=S) groups is 1. The molecule has 136 valence electrons. The second-order valence-corrected chi connectivity index (χ2v) is 7.56. The van der Waals surface area contributed by atoms with Crippen molar-refractivity contribution < 1.29 is 4.39 Å². The van der Waals surface area contributed by atoms with E-state index in [2.05, 4.69) is 23.3 Å². The Morgan fingerprint density at radius 2 is 2.28 bits per heavy atom. The van der Waals surface area contributed by atoms with Crippen molar-refractivity contribution in [3.63, 3.8) is 0 Å². The van der Waals surface area contributed by atoms with Crippen LogP contribution >= 0.6 is 35.6 Å². The van der Waals surface area contributed by atoms with Gasteiger partial charge in [-0.1, -0.05) is 55.6 Å². The molecule has 1 aromatic rings. The molecule has 7 heteroatoms. The van der Waals surface area contributed by atoms with Crippen LogP contribution in [0.25, 0.3) is 0 Å². The highest BCUT2D eigenvalue weighted by molar-refractivity contribution is 8.14. The van der Waals surface area contributed by atoms with Crippen molar-refractivity contribution in [3.8, 4) is 0 Å². The van der Waals surface area contributed by atoms with Crippen molar-refractivity contribution >= 4 is 51.5 Å². The Bertz CT molecular complexity index is 649. The van der Waals surface area contributed by atoms with Gasteiger partial charge >= 0.3 is 0 Å². The Kier molecular flexibility index (Phi) is 8.72. The maximum Gasteiger partial charge on any atom is 0.179 e. The van der Waals surface area contributed by atoms with Gasteiger partial charge in [-0.3, -0.25) is 4.90 Å². The van der Waals surface area contributed by atoms with Crippen LogP contribution < -0.4 is 5.32 Å². The molecule has 25 heavy (non-hydrogen) atoms. The first kappa shape index (κ1) is 20.2. The highest BCUT2D eigenvalue weighted by Crippen LogP contribution is 2.22. The summed E-state index contributed by atoms with van der Waals surface area (Å²) in [5.74, 6) is 0.496. The summed E-state index contributed by atoms with van der Waals surface area (Å²) in [5, 5.41) is 4.60. The van der Waals surface area contributed by atoms with Crippen molar-refractivity contribution in [1.82, 2.24) is 4.90 Å².